The maximum absolute atomic E-state index is 13.2. The van der Waals surface area contributed by atoms with Crippen LogP contribution in [0.1, 0.15) is 39.2 Å². The minimum Gasteiger partial charge on any atom is -0.444 e. The molecule has 2 fully saturated rings. The highest BCUT2D eigenvalue weighted by molar-refractivity contribution is 7.89. The molecule has 9 heteroatoms. The van der Waals surface area contributed by atoms with Gasteiger partial charge in [-0.25, -0.2) is 18.0 Å². The minimum absolute atomic E-state index is 0.0140. The van der Waals surface area contributed by atoms with Crippen molar-refractivity contribution in [2.75, 3.05) is 13.1 Å². The molecule has 0 aromatic heterocycles. The number of sulfonamides is 1. The number of hydrogen-bond acceptors (Lipinski definition) is 6. The average Bonchev–Trinajstić information content (AvgIpc) is 2.92. The van der Waals surface area contributed by atoms with Crippen LogP contribution in [0, 0.1) is 6.92 Å². The van der Waals surface area contributed by atoms with Crippen LogP contribution in [-0.4, -0.2) is 60.1 Å². The van der Waals surface area contributed by atoms with Gasteiger partial charge < -0.3 is 14.4 Å². The van der Waals surface area contributed by atoms with Gasteiger partial charge in [-0.2, -0.15) is 4.31 Å². The predicted octanol–water partition coefficient (Wildman–Crippen LogP) is 3.46. The van der Waals surface area contributed by atoms with Gasteiger partial charge in [0.05, 0.1) is 4.90 Å². The number of aryl methyl sites for hydroxylation is 1. The third-order valence-corrected chi connectivity index (χ3v) is 7.09. The molecular weight excluding hydrogens is 408 g/mol. The number of ether oxygens (including phenoxy) is 2. The summed E-state index contributed by atoms with van der Waals surface area (Å²) in [4.78, 5) is 26.6. The first-order valence-corrected chi connectivity index (χ1v) is 11.3. The highest BCUT2D eigenvalue weighted by atomic mass is 32.2. The van der Waals surface area contributed by atoms with E-state index in [2.05, 4.69) is 6.58 Å². The molecular formula is C21H28N2O6S. The summed E-state index contributed by atoms with van der Waals surface area (Å²) >= 11 is 0. The minimum atomic E-state index is -4.11. The molecule has 2 saturated heterocycles. The van der Waals surface area contributed by atoms with Gasteiger partial charge in [-0.15, -0.1) is 6.58 Å². The molecule has 0 saturated carbocycles. The van der Waals surface area contributed by atoms with Crippen molar-refractivity contribution in [2.24, 2.45) is 0 Å². The van der Waals surface area contributed by atoms with Crippen molar-refractivity contribution in [3.8, 4) is 0 Å². The van der Waals surface area contributed by atoms with E-state index in [9.17, 15) is 18.0 Å². The SMILES string of the molecule is C=C[C@@H]1N(S(=O)(=O)c2ccc(C)cc2)C(=O)OC12CCN(C(=O)OC(C)(C)C)CC2. The second-order valence-corrected chi connectivity index (χ2v) is 10.5. The molecule has 0 aliphatic carbocycles. The van der Waals surface area contributed by atoms with Gasteiger partial charge >= 0.3 is 12.2 Å². The van der Waals surface area contributed by atoms with Crippen LogP contribution >= 0.6 is 0 Å². The van der Waals surface area contributed by atoms with E-state index in [1.807, 2.05) is 6.92 Å². The Morgan fingerprint density at radius 1 is 1.23 bits per heavy atom. The van der Waals surface area contributed by atoms with Crippen LogP contribution in [0.4, 0.5) is 9.59 Å². The van der Waals surface area contributed by atoms with Crippen LogP contribution in [-0.2, 0) is 19.5 Å². The van der Waals surface area contributed by atoms with Crippen LogP contribution in [0.2, 0.25) is 0 Å². The Morgan fingerprint density at radius 3 is 2.30 bits per heavy atom. The zero-order chi connectivity index (χ0) is 22.3. The summed E-state index contributed by atoms with van der Waals surface area (Å²) in [6.07, 6.45) is 0.635. The van der Waals surface area contributed by atoms with Gasteiger partial charge in [-0.05, 0) is 39.8 Å². The summed E-state index contributed by atoms with van der Waals surface area (Å²) in [5.41, 5.74) is -0.770. The summed E-state index contributed by atoms with van der Waals surface area (Å²) in [6, 6.07) is 5.41. The molecule has 2 heterocycles. The first-order valence-electron chi connectivity index (χ1n) is 9.84. The highest BCUT2D eigenvalue weighted by Crippen LogP contribution is 2.42. The van der Waals surface area contributed by atoms with E-state index >= 15 is 0 Å². The van der Waals surface area contributed by atoms with Gasteiger partial charge in [0, 0.05) is 25.9 Å². The maximum Gasteiger partial charge on any atom is 0.425 e. The number of rotatable bonds is 3. The Labute approximate surface area is 177 Å². The lowest BCUT2D eigenvalue weighted by Crippen LogP contribution is -2.54. The summed E-state index contributed by atoms with van der Waals surface area (Å²) in [7, 11) is -4.11. The molecule has 164 valence electrons. The monoisotopic (exact) mass is 436 g/mol. The Bertz CT molecular complexity index is 941. The molecule has 1 aromatic carbocycles. The van der Waals surface area contributed by atoms with Crippen LogP contribution in [0.25, 0.3) is 0 Å². The number of benzene rings is 1. The normalized spacial score (nSPS) is 21.5. The maximum atomic E-state index is 13.2. The second kappa shape index (κ2) is 7.61. The van der Waals surface area contributed by atoms with Crippen molar-refractivity contribution in [3.05, 3.63) is 42.5 Å². The number of likely N-dealkylation sites (tertiary alicyclic amines) is 1. The Hall–Kier alpha value is -2.55. The first kappa shape index (κ1) is 22.1. The molecule has 30 heavy (non-hydrogen) atoms. The van der Waals surface area contributed by atoms with Gasteiger partial charge in [0.1, 0.15) is 17.2 Å². The Morgan fingerprint density at radius 2 is 1.80 bits per heavy atom. The van der Waals surface area contributed by atoms with Crippen molar-refractivity contribution >= 4 is 22.2 Å². The van der Waals surface area contributed by atoms with Crippen molar-refractivity contribution in [2.45, 2.75) is 62.7 Å². The van der Waals surface area contributed by atoms with E-state index in [-0.39, 0.29) is 30.8 Å². The zero-order valence-corrected chi connectivity index (χ0v) is 18.6. The smallest absolute Gasteiger partial charge is 0.425 e. The topological polar surface area (TPSA) is 93.2 Å². The van der Waals surface area contributed by atoms with Crippen LogP contribution in [0.3, 0.4) is 0 Å². The summed E-state index contributed by atoms with van der Waals surface area (Å²) in [5, 5.41) is 0. The van der Waals surface area contributed by atoms with Crippen molar-refractivity contribution in [3.63, 3.8) is 0 Å². The molecule has 0 unspecified atom stereocenters. The summed E-state index contributed by atoms with van der Waals surface area (Å²) in [5.74, 6) is 0. The van der Waals surface area contributed by atoms with Crippen molar-refractivity contribution in [1.29, 1.82) is 0 Å². The standard InChI is InChI=1S/C21H28N2O6S/c1-6-17-21(11-13-22(14-12-21)18(24)28-20(3,4)5)29-19(25)23(17)30(26,27)16-9-7-15(2)8-10-16/h6-10,17H,1,11-14H2,2-5H3/t17-/m0/s1. The molecule has 8 nitrogen and oxygen atoms in total. The number of piperidine rings is 1. The molecule has 1 spiro atoms. The lowest BCUT2D eigenvalue weighted by Gasteiger charge is -2.40. The molecule has 0 bridgehead atoms. The van der Waals surface area contributed by atoms with Gasteiger partial charge in [-0.3, -0.25) is 0 Å². The number of carbonyl (C=O) groups excluding carboxylic acids is 2. The van der Waals surface area contributed by atoms with E-state index in [1.165, 1.54) is 18.2 Å². The molecule has 2 amide bonds. The predicted molar refractivity (Wildman–Crippen MR) is 110 cm³/mol. The molecule has 0 radical (unpaired) electrons. The van der Waals surface area contributed by atoms with E-state index in [0.717, 1.165) is 9.87 Å². The Kier molecular flexibility index (Phi) is 5.62. The molecule has 2 aliphatic heterocycles. The van der Waals surface area contributed by atoms with Crippen LogP contribution in [0.15, 0.2) is 41.8 Å². The van der Waals surface area contributed by atoms with Crippen molar-refractivity contribution in [1.82, 2.24) is 9.21 Å². The summed E-state index contributed by atoms with van der Waals surface area (Å²) in [6.45, 7) is 11.5. The van der Waals surface area contributed by atoms with Gasteiger partial charge in [-0.1, -0.05) is 23.8 Å². The van der Waals surface area contributed by atoms with Gasteiger partial charge in [0.15, 0.2) is 0 Å². The molecule has 1 aromatic rings. The quantitative estimate of drug-likeness (QED) is 0.674. The lowest BCUT2D eigenvalue weighted by molar-refractivity contribution is -0.0247. The van der Waals surface area contributed by atoms with Crippen LogP contribution < -0.4 is 0 Å². The number of hydrogen-bond donors (Lipinski definition) is 0. The second-order valence-electron chi connectivity index (χ2n) is 8.69. The number of carbonyl (C=O) groups is 2. The Balaban J connectivity index is 1.82. The molecule has 2 aliphatic rings. The van der Waals surface area contributed by atoms with E-state index < -0.39 is 39.5 Å². The zero-order valence-electron chi connectivity index (χ0n) is 17.8. The molecule has 0 N–H and O–H groups in total. The molecule has 3 rings (SSSR count). The lowest BCUT2D eigenvalue weighted by atomic mass is 9.85. The third kappa shape index (κ3) is 4.03. The number of amides is 2. The van der Waals surface area contributed by atoms with Crippen LogP contribution in [0.5, 0.6) is 0 Å². The largest absolute Gasteiger partial charge is 0.444 e. The van der Waals surface area contributed by atoms with E-state index in [1.54, 1.807) is 37.8 Å². The van der Waals surface area contributed by atoms with Gasteiger partial charge in [0.25, 0.3) is 10.0 Å². The van der Waals surface area contributed by atoms with Gasteiger partial charge in [0.2, 0.25) is 0 Å². The van der Waals surface area contributed by atoms with E-state index in [4.69, 9.17) is 9.47 Å². The summed E-state index contributed by atoms with van der Waals surface area (Å²) < 4.78 is 38.1. The van der Waals surface area contributed by atoms with Crippen molar-refractivity contribution < 1.29 is 27.5 Å². The molecule has 1 atom stereocenters. The fourth-order valence-electron chi connectivity index (χ4n) is 3.78. The fourth-order valence-corrected chi connectivity index (χ4v) is 5.30. The number of nitrogens with zero attached hydrogens (tertiary/aromatic N) is 2. The first-order chi connectivity index (χ1) is 13.9. The fraction of sp³-hybridized carbons (Fsp3) is 0.524. The average molecular weight is 437 g/mol. The van der Waals surface area contributed by atoms with E-state index in [0.29, 0.717) is 0 Å². The third-order valence-electron chi connectivity index (χ3n) is 5.32. The highest BCUT2D eigenvalue weighted by Gasteiger charge is 2.58.